The van der Waals surface area contributed by atoms with Crippen LogP contribution >= 0.6 is 0 Å². The first-order valence-corrected chi connectivity index (χ1v) is 6.33. The van der Waals surface area contributed by atoms with Crippen molar-refractivity contribution in [2.24, 2.45) is 0 Å². The molecule has 0 spiro atoms. The molecular weight excluding hydrogens is 212 g/mol. The number of likely N-dealkylation sites (N-methyl/N-ethyl adjacent to an activating group) is 1. The number of nitrogens with zero attached hydrogens (tertiary/aromatic N) is 1. The molecule has 0 atom stereocenters. The van der Waals surface area contributed by atoms with Gasteiger partial charge in [-0.3, -0.25) is 4.79 Å². The van der Waals surface area contributed by atoms with Gasteiger partial charge in [0.15, 0.2) is 0 Å². The predicted octanol–water partition coefficient (Wildman–Crippen LogP) is 1.88. The van der Waals surface area contributed by atoms with Crippen molar-refractivity contribution in [2.45, 2.75) is 26.7 Å². The normalized spacial score (nSPS) is 14.6. The lowest BCUT2D eigenvalue weighted by molar-refractivity contribution is -0.117. The zero-order valence-corrected chi connectivity index (χ0v) is 10.6. The zero-order chi connectivity index (χ0) is 12.3. The lowest BCUT2D eigenvalue weighted by Crippen LogP contribution is -2.41. The highest BCUT2D eigenvalue weighted by Crippen LogP contribution is 2.30. The van der Waals surface area contributed by atoms with Gasteiger partial charge < -0.3 is 10.2 Å². The fourth-order valence-electron chi connectivity index (χ4n) is 2.42. The number of rotatable bonds is 3. The van der Waals surface area contributed by atoms with Gasteiger partial charge in [-0.2, -0.15) is 0 Å². The van der Waals surface area contributed by atoms with Crippen molar-refractivity contribution in [3.05, 3.63) is 29.3 Å². The molecule has 1 amide bonds. The number of anilines is 1. The molecule has 0 aromatic heterocycles. The van der Waals surface area contributed by atoms with Crippen LogP contribution in [0.1, 0.15) is 24.5 Å². The van der Waals surface area contributed by atoms with Crippen LogP contribution in [0, 0.1) is 6.92 Å². The van der Waals surface area contributed by atoms with Crippen LogP contribution in [0.4, 0.5) is 5.69 Å². The molecule has 1 heterocycles. The first-order chi connectivity index (χ1) is 8.24. The third-order valence-electron chi connectivity index (χ3n) is 3.25. The average Bonchev–Trinajstić information content (AvgIpc) is 2.35. The molecular formula is C14H20N2O. The van der Waals surface area contributed by atoms with Crippen molar-refractivity contribution in [2.75, 3.05) is 24.5 Å². The van der Waals surface area contributed by atoms with Crippen molar-refractivity contribution in [3.63, 3.8) is 0 Å². The van der Waals surface area contributed by atoms with E-state index < -0.39 is 0 Å². The molecule has 0 saturated carbocycles. The maximum absolute atomic E-state index is 12.1. The van der Waals surface area contributed by atoms with E-state index in [1.807, 2.05) is 11.8 Å². The number of hydrogen-bond acceptors (Lipinski definition) is 2. The lowest BCUT2D eigenvalue weighted by Gasteiger charge is -2.31. The van der Waals surface area contributed by atoms with Crippen LogP contribution < -0.4 is 10.2 Å². The second kappa shape index (κ2) is 5.32. The van der Waals surface area contributed by atoms with Gasteiger partial charge in [-0.1, -0.05) is 25.1 Å². The molecule has 0 fully saturated rings. The third kappa shape index (κ3) is 2.50. The largest absolute Gasteiger partial charge is 0.311 e. The number of benzene rings is 1. The molecule has 3 nitrogen and oxygen atoms in total. The van der Waals surface area contributed by atoms with Gasteiger partial charge in [0.1, 0.15) is 0 Å². The van der Waals surface area contributed by atoms with Gasteiger partial charge in [-0.25, -0.2) is 0 Å². The highest BCUT2D eigenvalue weighted by Gasteiger charge is 2.23. The molecule has 0 saturated heterocycles. The van der Waals surface area contributed by atoms with E-state index in [9.17, 15) is 4.79 Å². The second-order valence-electron chi connectivity index (χ2n) is 4.51. The number of hydrogen-bond donors (Lipinski definition) is 1. The van der Waals surface area contributed by atoms with Gasteiger partial charge in [-0.15, -0.1) is 0 Å². The predicted molar refractivity (Wildman–Crippen MR) is 70.4 cm³/mol. The van der Waals surface area contributed by atoms with Crippen molar-refractivity contribution < 1.29 is 4.79 Å². The molecule has 17 heavy (non-hydrogen) atoms. The van der Waals surface area contributed by atoms with Crippen LogP contribution in [0.3, 0.4) is 0 Å². The van der Waals surface area contributed by atoms with E-state index in [1.54, 1.807) is 0 Å². The third-order valence-corrected chi connectivity index (χ3v) is 3.25. The van der Waals surface area contributed by atoms with E-state index in [1.165, 1.54) is 11.1 Å². The SMILES string of the molecule is CCNCC(=O)N1CCCc2cccc(C)c21. The van der Waals surface area contributed by atoms with E-state index in [4.69, 9.17) is 0 Å². The molecule has 0 radical (unpaired) electrons. The summed E-state index contributed by atoms with van der Waals surface area (Å²) in [5.74, 6) is 0.183. The van der Waals surface area contributed by atoms with Crippen LogP contribution in [0.25, 0.3) is 0 Å². The number of carbonyl (C=O) groups excluding carboxylic acids is 1. The first-order valence-electron chi connectivity index (χ1n) is 6.33. The summed E-state index contributed by atoms with van der Waals surface area (Å²) in [4.78, 5) is 14.1. The van der Waals surface area contributed by atoms with Gasteiger partial charge in [-0.05, 0) is 37.4 Å². The number of fused-ring (bicyclic) bond motifs is 1. The molecule has 1 aromatic carbocycles. The van der Waals surface area contributed by atoms with Crippen LogP contribution in [-0.2, 0) is 11.2 Å². The Kier molecular flexibility index (Phi) is 3.79. The summed E-state index contributed by atoms with van der Waals surface area (Å²) in [6, 6.07) is 6.29. The number of para-hydroxylation sites is 1. The minimum atomic E-state index is 0.183. The highest BCUT2D eigenvalue weighted by atomic mass is 16.2. The molecule has 1 aromatic rings. The van der Waals surface area contributed by atoms with Crippen LogP contribution in [0.5, 0.6) is 0 Å². The molecule has 1 N–H and O–H groups in total. The number of aryl methyl sites for hydroxylation is 2. The monoisotopic (exact) mass is 232 g/mol. The van der Waals surface area contributed by atoms with Crippen LogP contribution in [-0.4, -0.2) is 25.5 Å². The van der Waals surface area contributed by atoms with Gasteiger partial charge in [0.25, 0.3) is 0 Å². The first kappa shape index (κ1) is 12.1. The molecule has 1 aliphatic heterocycles. The van der Waals surface area contributed by atoms with E-state index in [0.717, 1.165) is 31.6 Å². The van der Waals surface area contributed by atoms with Gasteiger partial charge >= 0.3 is 0 Å². The zero-order valence-electron chi connectivity index (χ0n) is 10.6. The summed E-state index contributed by atoms with van der Waals surface area (Å²) >= 11 is 0. The summed E-state index contributed by atoms with van der Waals surface area (Å²) in [5, 5.41) is 3.10. The molecule has 3 heteroatoms. The average molecular weight is 232 g/mol. The van der Waals surface area contributed by atoms with Gasteiger partial charge in [0.2, 0.25) is 5.91 Å². The summed E-state index contributed by atoms with van der Waals surface area (Å²) in [6.07, 6.45) is 2.15. The van der Waals surface area contributed by atoms with Crippen molar-refractivity contribution in [1.82, 2.24) is 5.32 Å². The summed E-state index contributed by atoms with van der Waals surface area (Å²) < 4.78 is 0. The fourth-order valence-corrected chi connectivity index (χ4v) is 2.42. The highest BCUT2D eigenvalue weighted by molar-refractivity contribution is 5.96. The van der Waals surface area contributed by atoms with Gasteiger partial charge in [0.05, 0.1) is 6.54 Å². The minimum Gasteiger partial charge on any atom is -0.311 e. The van der Waals surface area contributed by atoms with E-state index >= 15 is 0 Å². The standard InChI is InChI=1S/C14H20N2O/c1-3-15-10-13(17)16-9-5-8-12-7-4-6-11(2)14(12)16/h4,6-7,15H,3,5,8-10H2,1-2H3. The van der Waals surface area contributed by atoms with Gasteiger partial charge in [0, 0.05) is 12.2 Å². The van der Waals surface area contributed by atoms with E-state index in [-0.39, 0.29) is 5.91 Å². The van der Waals surface area contributed by atoms with Crippen molar-refractivity contribution in [3.8, 4) is 0 Å². The van der Waals surface area contributed by atoms with Crippen molar-refractivity contribution in [1.29, 1.82) is 0 Å². The number of carbonyl (C=O) groups is 1. The summed E-state index contributed by atoms with van der Waals surface area (Å²) in [6.45, 7) is 6.22. The Balaban J connectivity index is 2.25. The maximum Gasteiger partial charge on any atom is 0.240 e. The fraction of sp³-hybridized carbons (Fsp3) is 0.500. The minimum absolute atomic E-state index is 0.183. The second-order valence-corrected chi connectivity index (χ2v) is 4.51. The summed E-state index contributed by atoms with van der Waals surface area (Å²) in [5.41, 5.74) is 3.65. The molecule has 1 aliphatic rings. The molecule has 92 valence electrons. The maximum atomic E-state index is 12.1. The lowest BCUT2D eigenvalue weighted by atomic mass is 9.98. The number of nitrogens with one attached hydrogen (secondary N) is 1. The molecule has 0 aliphatic carbocycles. The Hall–Kier alpha value is -1.35. The topological polar surface area (TPSA) is 32.3 Å². The smallest absolute Gasteiger partial charge is 0.240 e. The quantitative estimate of drug-likeness (QED) is 0.863. The molecule has 0 bridgehead atoms. The molecule has 0 unspecified atom stereocenters. The molecule has 2 rings (SSSR count). The Labute approximate surface area is 103 Å². The Morgan fingerprint density at radius 3 is 3.06 bits per heavy atom. The Morgan fingerprint density at radius 2 is 2.29 bits per heavy atom. The number of amides is 1. The Morgan fingerprint density at radius 1 is 1.47 bits per heavy atom. The summed E-state index contributed by atoms with van der Waals surface area (Å²) in [7, 11) is 0. The van der Waals surface area contributed by atoms with Crippen LogP contribution in [0.15, 0.2) is 18.2 Å². The Bertz CT molecular complexity index is 415. The van der Waals surface area contributed by atoms with Crippen LogP contribution in [0.2, 0.25) is 0 Å². The van der Waals surface area contributed by atoms with Crippen molar-refractivity contribution >= 4 is 11.6 Å². The van der Waals surface area contributed by atoms with E-state index in [2.05, 4.69) is 30.4 Å². The van der Waals surface area contributed by atoms with E-state index in [0.29, 0.717) is 6.54 Å².